The minimum absolute atomic E-state index is 0.0738. The fourth-order valence-corrected chi connectivity index (χ4v) is 4.86. The summed E-state index contributed by atoms with van der Waals surface area (Å²) in [5, 5.41) is 3.01. The lowest BCUT2D eigenvalue weighted by molar-refractivity contribution is 0.242. The van der Waals surface area contributed by atoms with Crippen molar-refractivity contribution in [1.82, 2.24) is 0 Å². The molecule has 0 aromatic heterocycles. The van der Waals surface area contributed by atoms with Crippen molar-refractivity contribution in [1.29, 1.82) is 0 Å². The highest BCUT2D eigenvalue weighted by atomic mass is 32.2. The Balaban J connectivity index is 1.64. The van der Waals surface area contributed by atoms with Gasteiger partial charge >= 0.3 is 0 Å². The lowest BCUT2D eigenvalue weighted by atomic mass is 10.0. The molecule has 3 rings (SSSR count). The van der Waals surface area contributed by atoms with E-state index in [1.54, 1.807) is 12.1 Å². The first-order chi connectivity index (χ1) is 12.3. The molecule has 6 nitrogen and oxygen atoms in total. The van der Waals surface area contributed by atoms with E-state index >= 15 is 0 Å². The Kier molecular flexibility index (Phi) is 5.18. The van der Waals surface area contributed by atoms with Gasteiger partial charge in [-0.25, -0.2) is 8.42 Å². The molecule has 0 bridgehead atoms. The molecule has 1 heterocycles. The molecule has 3 N–H and O–H groups in total. The molecule has 0 radical (unpaired) electrons. The van der Waals surface area contributed by atoms with Gasteiger partial charge in [0.25, 0.3) is 0 Å². The highest BCUT2D eigenvalue weighted by Gasteiger charge is 2.33. The van der Waals surface area contributed by atoms with Gasteiger partial charge in [-0.15, -0.1) is 0 Å². The lowest BCUT2D eigenvalue weighted by Gasteiger charge is -2.11. The van der Waals surface area contributed by atoms with E-state index in [0.717, 1.165) is 17.0 Å². The predicted octanol–water partition coefficient (Wildman–Crippen LogP) is 2.77. The van der Waals surface area contributed by atoms with Crippen LogP contribution in [0.15, 0.2) is 58.4 Å². The first kappa shape index (κ1) is 18.3. The van der Waals surface area contributed by atoms with Gasteiger partial charge in [0.1, 0.15) is 5.75 Å². The second-order valence-electron chi connectivity index (χ2n) is 6.56. The average molecular weight is 373 g/mol. The molecule has 2 aromatic rings. The Morgan fingerprint density at radius 2 is 1.92 bits per heavy atom. The number of ether oxygens (including phenoxy) is 1. The maximum atomic E-state index is 12.2. The molecule has 0 saturated carbocycles. The molecular weight excluding hydrogens is 350 g/mol. The van der Waals surface area contributed by atoms with Crippen LogP contribution in [0.25, 0.3) is 0 Å². The van der Waals surface area contributed by atoms with Gasteiger partial charge in [-0.2, -0.15) is 0 Å². The fourth-order valence-electron chi connectivity index (χ4n) is 2.98. The first-order valence-corrected chi connectivity index (χ1v) is 10.2. The summed E-state index contributed by atoms with van der Waals surface area (Å²) in [5.41, 5.74) is 7.56. The second kappa shape index (κ2) is 7.37. The molecule has 0 saturated heterocycles. The molecule has 138 valence electrons. The van der Waals surface area contributed by atoms with Gasteiger partial charge in [0.2, 0.25) is 0 Å². The maximum absolute atomic E-state index is 12.2. The van der Waals surface area contributed by atoms with Gasteiger partial charge in [0, 0.05) is 11.6 Å². The number of nitrogens with zero attached hydrogens (tertiary/aromatic N) is 1. The van der Waals surface area contributed by atoms with Gasteiger partial charge in [-0.05, 0) is 49.7 Å². The van der Waals surface area contributed by atoms with E-state index in [4.69, 9.17) is 10.5 Å². The molecule has 1 aliphatic heterocycles. The number of anilines is 1. The number of benzene rings is 2. The van der Waals surface area contributed by atoms with Crippen LogP contribution in [0.1, 0.15) is 25.3 Å². The van der Waals surface area contributed by atoms with Crippen LogP contribution in [-0.2, 0) is 9.84 Å². The van der Waals surface area contributed by atoms with Crippen LogP contribution >= 0.6 is 0 Å². The number of guanidine groups is 1. The number of fused-ring (bicyclic) bond motifs is 1. The van der Waals surface area contributed by atoms with Crippen molar-refractivity contribution in [2.75, 3.05) is 17.6 Å². The van der Waals surface area contributed by atoms with Crippen molar-refractivity contribution < 1.29 is 13.2 Å². The average Bonchev–Trinajstić information content (AvgIpc) is 2.86. The molecule has 7 heteroatoms. The Bertz CT molecular complexity index is 906. The summed E-state index contributed by atoms with van der Waals surface area (Å²) >= 11 is 0. The quantitative estimate of drug-likeness (QED) is 0.621. The zero-order valence-corrected chi connectivity index (χ0v) is 15.7. The predicted molar refractivity (Wildman–Crippen MR) is 104 cm³/mol. The molecular formula is C19H23N3O3S. The zero-order chi connectivity index (χ0) is 18.7. The van der Waals surface area contributed by atoms with Crippen molar-refractivity contribution in [2.45, 2.75) is 30.8 Å². The van der Waals surface area contributed by atoms with Crippen molar-refractivity contribution in [3.05, 3.63) is 54.1 Å². The standard InChI is InChI=1S/C19H23N3O3S/c1-13(2)25-16-9-7-15(8-10-16)22-19(20)21-11-14-12-26(23,24)18-6-4-3-5-17(14)18/h3-10,13-14H,11-12H2,1-2H3,(H3,20,21,22). The molecule has 0 aliphatic carbocycles. The molecule has 26 heavy (non-hydrogen) atoms. The zero-order valence-electron chi connectivity index (χ0n) is 14.8. The second-order valence-corrected chi connectivity index (χ2v) is 8.56. The molecule has 1 unspecified atom stereocenters. The number of sulfone groups is 1. The van der Waals surface area contributed by atoms with Crippen molar-refractivity contribution >= 4 is 21.5 Å². The fraction of sp³-hybridized carbons (Fsp3) is 0.316. The third-order valence-electron chi connectivity index (χ3n) is 4.10. The number of rotatable bonds is 5. The molecule has 0 fully saturated rings. The number of aliphatic imine (C=N–C) groups is 1. The van der Waals surface area contributed by atoms with Gasteiger partial charge in [-0.1, -0.05) is 18.2 Å². The lowest BCUT2D eigenvalue weighted by Crippen LogP contribution is -2.23. The van der Waals surface area contributed by atoms with Gasteiger partial charge in [0.05, 0.1) is 23.3 Å². The summed E-state index contributed by atoms with van der Waals surface area (Å²) in [5.74, 6) is 0.946. The summed E-state index contributed by atoms with van der Waals surface area (Å²) < 4.78 is 30.0. The summed E-state index contributed by atoms with van der Waals surface area (Å²) in [4.78, 5) is 4.73. The van der Waals surface area contributed by atoms with E-state index < -0.39 is 9.84 Å². The highest BCUT2D eigenvalue weighted by molar-refractivity contribution is 7.91. The summed E-state index contributed by atoms with van der Waals surface area (Å²) in [7, 11) is -3.22. The van der Waals surface area contributed by atoms with Crippen LogP contribution < -0.4 is 15.8 Å². The van der Waals surface area contributed by atoms with E-state index in [1.165, 1.54) is 0 Å². The Morgan fingerprint density at radius 3 is 2.62 bits per heavy atom. The van der Waals surface area contributed by atoms with E-state index in [-0.39, 0.29) is 23.7 Å². The number of hydrogen-bond acceptors (Lipinski definition) is 4. The molecule has 2 aromatic carbocycles. The normalized spacial score (nSPS) is 18.6. The van der Waals surface area contributed by atoms with Gasteiger partial charge < -0.3 is 15.8 Å². The number of hydrogen-bond donors (Lipinski definition) is 2. The third kappa shape index (κ3) is 4.16. The number of nitrogens with two attached hydrogens (primary N) is 1. The molecule has 0 spiro atoms. The van der Waals surface area contributed by atoms with Crippen molar-refractivity contribution in [3.63, 3.8) is 0 Å². The van der Waals surface area contributed by atoms with Crippen LogP contribution in [-0.4, -0.2) is 32.8 Å². The summed E-state index contributed by atoms with van der Waals surface area (Å²) in [6.45, 7) is 4.26. The van der Waals surface area contributed by atoms with Crippen molar-refractivity contribution in [3.8, 4) is 5.75 Å². The molecule has 1 atom stereocenters. The van der Waals surface area contributed by atoms with Gasteiger partial charge in [0.15, 0.2) is 15.8 Å². The van der Waals surface area contributed by atoms with E-state index in [0.29, 0.717) is 11.4 Å². The third-order valence-corrected chi connectivity index (χ3v) is 5.98. The van der Waals surface area contributed by atoms with Crippen LogP contribution in [0.3, 0.4) is 0 Å². The van der Waals surface area contributed by atoms with Crippen molar-refractivity contribution in [2.24, 2.45) is 10.7 Å². The Morgan fingerprint density at radius 1 is 1.23 bits per heavy atom. The molecule has 0 amide bonds. The largest absolute Gasteiger partial charge is 0.491 e. The monoisotopic (exact) mass is 373 g/mol. The van der Waals surface area contributed by atoms with Crippen LogP contribution in [0.4, 0.5) is 5.69 Å². The topological polar surface area (TPSA) is 93.8 Å². The minimum Gasteiger partial charge on any atom is -0.491 e. The Hall–Kier alpha value is -2.54. The maximum Gasteiger partial charge on any atom is 0.193 e. The summed E-state index contributed by atoms with van der Waals surface area (Å²) in [6, 6.07) is 14.5. The first-order valence-electron chi connectivity index (χ1n) is 8.50. The van der Waals surface area contributed by atoms with Gasteiger partial charge in [-0.3, -0.25) is 4.99 Å². The van der Waals surface area contributed by atoms with Crippen LogP contribution in [0.2, 0.25) is 0 Å². The Labute approximate surface area is 154 Å². The SMILES string of the molecule is CC(C)Oc1ccc(NC(N)=NCC2CS(=O)(=O)c3ccccc32)cc1. The number of nitrogens with one attached hydrogen (secondary N) is 1. The van der Waals surface area contributed by atoms with E-state index in [1.807, 2.05) is 50.2 Å². The highest BCUT2D eigenvalue weighted by Crippen LogP contribution is 2.34. The smallest absolute Gasteiger partial charge is 0.193 e. The van der Waals surface area contributed by atoms with E-state index in [9.17, 15) is 8.42 Å². The van der Waals surface area contributed by atoms with Crippen LogP contribution in [0.5, 0.6) is 5.75 Å². The minimum atomic E-state index is -3.22. The van der Waals surface area contributed by atoms with E-state index in [2.05, 4.69) is 10.3 Å². The summed E-state index contributed by atoms with van der Waals surface area (Å²) in [6.07, 6.45) is 0.117. The van der Waals surface area contributed by atoms with Crippen LogP contribution in [0, 0.1) is 0 Å². The molecule has 1 aliphatic rings.